The van der Waals surface area contributed by atoms with Gasteiger partial charge in [0, 0.05) is 18.9 Å². The van der Waals surface area contributed by atoms with Gasteiger partial charge in [-0.15, -0.1) is 15.3 Å². The summed E-state index contributed by atoms with van der Waals surface area (Å²) in [7, 11) is 0. The largest absolute Gasteiger partial charge is 0.364 e. The van der Waals surface area contributed by atoms with Crippen LogP contribution in [-0.4, -0.2) is 40.6 Å². The molecule has 8 nitrogen and oxygen atoms in total. The Labute approximate surface area is 160 Å². The summed E-state index contributed by atoms with van der Waals surface area (Å²) < 4.78 is 17.7. The minimum absolute atomic E-state index is 0.192. The van der Waals surface area contributed by atoms with Gasteiger partial charge in [-0.1, -0.05) is 19.1 Å². The van der Waals surface area contributed by atoms with Crippen molar-refractivity contribution in [1.29, 1.82) is 0 Å². The molecule has 1 unspecified atom stereocenters. The number of aryl methyl sites for hydroxylation is 2. The Morgan fingerprint density at radius 1 is 1.14 bits per heavy atom. The molecule has 1 aromatic carbocycles. The van der Waals surface area contributed by atoms with Gasteiger partial charge in [0.05, 0.1) is 12.1 Å². The molecule has 0 fully saturated rings. The first-order chi connectivity index (χ1) is 13.7. The van der Waals surface area contributed by atoms with Crippen LogP contribution >= 0.6 is 0 Å². The van der Waals surface area contributed by atoms with E-state index in [4.69, 9.17) is 0 Å². The standard InChI is InChI=1S/C19H19FN8/c1-2-15-22-17-9-7-12(11-27(17)25-15)21-16-8-10-18-23-24-19(28(18)26-16)13-5-3-4-6-14(13)20/h3-6,8,10,12H,2,7,9,11H2,1H3,(H,21,26). The lowest BCUT2D eigenvalue weighted by Crippen LogP contribution is -2.32. The third-order valence-electron chi connectivity index (χ3n) is 4.95. The Bertz CT molecular complexity index is 1150. The van der Waals surface area contributed by atoms with E-state index >= 15 is 0 Å². The predicted molar refractivity (Wildman–Crippen MR) is 101 cm³/mol. The van der Waals surface area contributed by atoms with E-state index in [0.29, 0.717) is 22.9 Å². The SMILES string of the molecule is CCc1nc2n(n1)CC(Nc1ccc3nnc(-c4ccccc4F)n3n1)CC2. The van der Waals surface area contributed by atoms with Gasteiger partial charge in [-0.3, -0.25) is 0 Å². The van der Waals surface area contributed by atoms with Gasteiger partial charge in [-0.05, 0) is 30.7 Å². The first-order valence-corrected chi connectivity index (χ1v) is 9.38. The van der Waals surface area contributed by atoms with Gasteiger partial charge in [0.2, 0.25) is 0 Å². The smallest absolute Gasteiger partial charge is 0.188 e. The average molecular weight is 378 g/mol. The highest BCUT2D eigenvalue weighted by Gasteiger charge is 2.22. The normalized spacial score (nSPS) is 16.3. The van der Waals surface area contributed by atoms with Crippen LogP contribution in [0.3, 0.4) is 0 Å². The zero-order valence-corrected chi connectivity index (χ0v) is 15.4. The maximum atomic E-state index is 14.2. The number of nitrogens with zero attached hydrogens (tertiary/aromatic N) is 7. The van der Waals surface area contributed by atoms with Crippen molar-refractivity contribution in [2.75, 3.05) is 5.32 Å². The van der Waals surface area contributed by atoms with E-state index in [0.717, 1.165) is 37.5 Å². The number of benzene rings is 1. The van der Waals surface area contributed by atoms with E-state index in [2.05, 4.69) is 37.6 Å². The highest BCUT2D eigenvalue weighted by atomic mass is 19.1. The van der Waals surface area contributed by atoms with Crippen molar-refractivity contribution in [2.24, 2.45) is 0 Å². The molecule has 1 atom stereocenters. The van der Waals surface area contributed by atoms with Crippen molar-refractivity contribution in [3.05, 3.63) is 53.9 Å². The predicted octanol–water partition coefficient (Wildman–Crippen LogP) is 2.51. The number of fused-ring (bicyclic) bond motifs is 2. The van der Waals surface area contributed by atoms with E-state index in [1.165, 1.54) is 6.07 Å². The molecule has 4 aromatic rings. The van der Waals surface area contributed by atoms with E-state index < -0.39 is 0 Å². The van der Waals surface area contributed by atoms with E-state index in [1.54, 1.807) is 22.7 Å². The number of nitrogens with one attached hydrogen (secondary N) is 1. The van der Waals surface area contributed by atoms with Crippen LogP contribution in [0.2, 0.25) is 0 Å². The van der Waals surface area contributed by atoms with Gasteiger partial charge in [0.25, 0.3) is 0 Å². The zero-order valence-electron chi connectivity index (χ0n) is 15.4. The summed E-state index contributed by atoms with van der Waals surface area (Å²) in [6.07, 6.45) is 2.66. The quantitative estimate of drug-likeness (QED) is 0.587. The summed E-state index contributed by atoms with van der Waals surface area (Å²) in [4.78, 5) is 4.55. The first kappa shape index (κ1) is 16.8. The summed E-state index contributed by atoms with van der Waals surface area (Å²) in [6, 6.07) is 10.4. The Morgan fingerprint density at radius 2 is 2.04 bits per heavy atom. The van der Waals surface area contributed by atoms with Gasteiger partial charge in [0.1, 0.15) is 17.5 Å². The molecule has 1 aliphatic heterocycles. The number of aromatic nitrogens is 7. The third kappa shape index (κ3) is 2.88. The molecule has 0 amide bonds. The fourth-order valence-electron chi connectivity index (χ4n) is 3.51. The molecule has 0 saturated heterocycles. The van der Waals surface area contributed by atoms with Crippen LogP contribution in [0.1, 0.15) is 25.0 Å². The molecule has 0 bridgehead atoms. The summed E-state index contributed by atoms with van der Waals surface area (Å²) in [5, 5.41) is 20.8. The fraction of sp³-hybridized carbons (Fsp3) is 0.316. The highest BCUT2D eigenvalue weighted by molar-refractivity contribution is 5.60. The molecule has 4 heterocycles. The Hall–Kier alpha value is -3.36. The van der Waals surface area contributed by atoms with Gasteiger partial charge in [-0.25, -0.2) is 14.1 Å². The van der Waals surface area contributed by atoms with Gasteiger partial charge >= 0.3 is 0 Å². The molecule has 1 N–H and O–H groups in total. The highest BCUT2D eigenvalue weighted by Crippen LogP contribution is 2.22. The van der Waals surface area contributed by atoms with Crippen molar-refractivity contribution in [1.82, 2.24) is 34.6 Å². The second-order valence-corrected chi connectivity index (χ2v) is 6.85. The van der Waals surface area contributed by atoms with E-state index in [-0.39, 0.29) is 11.9 Å². The minimum atomic E-state index is -0.352. The lowest BCUT2D eigenvalue weighted by molar-refractivity contribution is 0.439. The van der Waals surface area contributed by atoms with E-state index in [9.17, 15) is 4.39 Å². The molecule has 5 rings (SSSR count). The molecule has 0 spiro atoms. The molecule has 0 saturated carbocycles. The third-order valence-corrected chi connectivity index (χ3v) is 4.95. The van der Waals surface area contributed by atoms with Crippen LogP contribution in [0.5, 0.6) is 0 Å². The number of anilines is 1. The van der Waals surface area contributed by atoms with Crippen molar-refractivity contribution < 1.29 is 4.39 Å². The topological polar surface area (TPSA) is 85.8 Å². The second kappa shape index (κ2) is 6.66. The number of hydrogen-bond acceptors (Lipinski definition) is 6. The van der Waals surface area contributed by atoms with Crippen LogP contribution in [-0.2, 0) is 19.4 Å². The van der Waals surface area contributed by atoms with Gasteiger partial charge in [0.15, 0.2) is 17.3 Å². The van der Waals surface area contributed by atoms with E-state index in [1.807, 2.05) is 16.8 Å². The van der Waals surface area contributed by atoms with Gasteiger partial charge in [-0.2, -0.15) is 9.61 Å². The van der Waals surface area contributed by atoms with Crippen molar-refractivity contribution in [3.63, 3.8) is 0 Å². The van der Waals surface area contributed by atoms with Crippen LogP contribution < -0.4 is 5.32 Å². The Kier molecular flexibility index (Phi) is 4.00. The van der Waals surface area contributed by atoms with Crippen LogP contribution in [0.4, 0.5) is 10.2 Å². The summed E-state index contributed by atoms with van der Waals surface area (Å²) in [6.45, 7) is 2.80. The zero-order chi connectivity index (χ0) is 19.1. The first-order valence-electron chi connectivity index (χ1n) is 9.38. The summed E-state index contributed by atoms with van der Waals surface area (Å²) in [5.74, 6) is 2.64. The molecular weight excluding hydrogens is 359 g/mol. The number of hydrogen-bond donors (Lipinski definition) is 1. The van der Waals surface area contributed by atoms with Crippen LogP contribution in [0.25, 0.3) is 17.0 Å². The van der Waals surface area contributed by atoms with Crippen molar-refractivity contribution >= 4 is 11.5 Å². The maximum Gasteiger partial charge on any atom is 0.188 e. The number of halogens is 1. The second-order valence-electron chi connectivity index (χ2n) is 6.85. The van der Waals surface area contributed by atoms with Gasteiger partial charge < -0.3 is 5.32 Å². The molecular formula is C19H19FN8. The fourth-order valence-corrected chi connectivity index (χ4v) is 3.51. The minimum Gasteiger partial charge on any atom is -0.364 e. The Morgan fingerprint density at radius 3 is 2.89 bits per heavy atom. The average Bonchev–Trinajstić information content (AvgIpc) is 3.31. The lowest BCUT2D eigenvalue weighted by Gasteiger charge is -2.23. The molecule has 1 aliphatic rings. The summed E-state index contributed by atoms with van der Waals surface area (Å²) in [5.41, 5.74) is 0.940. The molecule has 3 aromatic heterocycles. The number of rotatable bonds is 4. The molecule has 0 radical (unpaired) electrons. The molecule has 9 heteroatoms. The van der Waals surface area contributed by atoms with Crippen LogP contribution in [0.15, 0.2) is 36.4 Å². The van der Waals surface area contributed by atoms with Crippen molar-refractivity contribution in [3.8, 4) is 11.4 Å². The molecule has 142 valence electrons. The maximum absolute atomic E-state index is 14.2. The summed E-state index contributed by atoms with van der Waals surface area (Å²) >= 11 is 0. The van der Waals surface area contributed by atoms with Crippen LogP contribution in [0, 0.1) is 5.82 Å². The molecule has 0 aliphatic carbocycles. The Balaban J connectivity index is 1.43. The lowest BCUT2D eigenvalue weighted by atomic mass is 10.1. The van der Waals surface area contributed by atoms with Crippen molar-refractivity contribution in [2.45, 2.75) is 38.8 Å². The molecule has 28 heavy (non-hydrogen) atoms. The monoisotopic (exact) mass is 378 g/mol.